The van der Waals surface area contributed by atoms with Crippen LogP contribution < -0.4 is 15.7 Å². The Morgan fingerprint density at radius 3 is 2.76 bits per heavy atom. The molecule has 1 N–H and O–H groups in total. The van der Waals surface area contributed by atoms with Gasteiger partial charge in [-0.15, -0.1) is 5.10 Å². The van der Waals surface area contributed by atoms with Gasteiger partial charge >= 0.3 is 11.9 Å². The highest BCUT2D eigenvalue weighted by atomic mass is 35.5. The number of halogens is 5. The molecule has 3 aromatic rings. The minimum atomic E-state index is -4.73. The van der Waals surface area contributed by atoms with E-state index in [1.165, 1.54) is 10.6 Å². The summed E-state index contributed by atoms with van der Waals surface area (Å²) < 4.78 is 65.6. The van der Waals surface area contributed by atoms with Crippen LogP contribution in [0.15, 0.2) is 35.1 Å². The van der Waals surface area contributed by atoms with Gasteiger partial charge in [0.05, 0.1) is 29.4 Å². The number of hydrogen-bond acceptors (Lipinski definition) is 5. The molecule has 0 atom stereocenters. The Bertz CT molecular complexity index is 1300. The number of rotatable bonds is 5. The second-order valence-electron chi connectivity index (χ2n) is 7.40. The number of alkyl halides is 3. The monoisotopic (exact) mass is 500 g/mol. The summed E-state index contributed by atoms with van der Waals surface area (Å²) >= 11 is 6.10. The van der Waals surface area contributed by atoms with Crippen molar-refractivity contribution in [2.75, 3.05) is 18.5 Å². The van der Waals surface area contributed by atoms with Crippen molar-refractivity contribution in [1.82, 2.24) is 14.3 Å². The topological polar surface area (TPSA) is 87.4 Å². The Hall–Kier alpha value is -3.38. The third-order valence-electron chi connectivity index (χ3n) is 5.00. The summed E-state index contributed by atoms with van der Waals surface area (Å²) in [6.07, 6.45) is -4.73. The van der Waals surface area contributed by atoms with E-state index in [1.54, 1.807) is 19.1 Å². The molecular formula is C21H17ClF4N4O4. The van der Waals surface area contributed by atoms with Gasteiger partial charge in [0, 0.05) is 6.07 Å². The number of hydrogen-bond donors (Lipinski definition) is 1. The highest BCUT2D eigenvalue weighted by molar-refractivity contribution is 6.34. The fourth-order valence-corrected chi connectivity index (χ4v) is 3.65. The average Bonchev–Trinajstić information content (AvgIpc) is 3.11. The molecule has 8 nitrogen and oxygen atoms in total. The molecule has 1 aliphatic rings. The van der Waals surface area contributed by atoms with Crippen molar-refractivity contribution in [3.05, 3.63) is 68.6 Å². The highest BCUT2D eigenvalue weighted by Crippen LogP contribution is 2.30. The minimum Gasteiger partial charge on any atom is -0.483 e. The number of aryl methyl sites for hydroxylation is 1. The summed E-state index contributed by atoms with van der Waals surface area (Å²) in [6.45, 7) is 0.361. The summed E-state index contributed by atoms with van der Waals surface area (Å²) in [5, 5.41) is 6.65. The van der Waals surface area contributed by atoms with E-state index in [0.29, 0.717) is 16.3 Å². The maximum absolute atomic E-state index is 15.1. The largest absolute Gasteiger partial charge is 0.483 e. The predicted molar refractivity (Wildman–Crippen MR) is 113 cm³/mol. The molecule has 0 aliphatic carbocycles. The van der Waals surface area contributed by atoms with E-state index < -0.39 is 47.2 Å². The van der Waals surface area contributed by atoms with Gasteiger partial charge in [0.25, 0.3) is 5.91 Å². The Labute approximate surface area is 194 Å². The van der Waals surface area contributed by atoms with Gasteiger partial charge in [-0.05, 0) is 24.6 Å². The second-order valence-corrected chi connectivity index (χ2v) is 7.81. The van der Waals surface area contributed by atoms with Gasteiger partial charge in [0.2, 0.25) is 0 Å². The number of amides is 1. The summed E-state index contributed by atoms with van der Waals surface area (Å²) in [7, 11) is 0. The molecular weight excluding hydrogens is 484 g/mol. The van der Waals surface area contributed by atoms with E-state index in [1.807, 2.05) is 0 Å². The average molecular weight is 501 g/mol. The molecule has 0 unspecified atom stereocenters. The van der Waals surface area contributed by atoms with Crippen molar-refractivity contribution in [1.29, 1.82) is 0 Å². The van der Waals surface area contributed by atoms with Gasteiger partial charge in [-0.1, -0.05) is 23.7 Å². The zero-order chi connectivity index (χ0) is 24.6. The van der Waals surface area contributed by atoms with Crippen molar-refractivity contribution in [3.8, 4) is 11.4 Å². The molecule has 34 heavy (non-hydrogen) atoms. The van der Waals surface area contributed by atoms with Crippen LogP contribution in [0.5, 0.6) is 5.75 Å². The first-order chi connectivity index (χ1) is 16.0. The third-order valence-corrected chi connectivity index (χ3v) is 5.32. The predicted octanol–water partition coefficient (Wildman–Crippen LogP) is 3.86. The van der Waals surface area contributed by atoms with E-state index in [-0.39, 0.29) is 36.3 Å². The van der Waals surface area contributed by atoms with Gasteiger partial charge in [-0.25, -0.2) is 9.18 Å². The molecule has 0 saturated carbocycles. The van der Waals surface area contributed by atoms with Gasteiger partial charge in [-0.2, -0.15) is 17.9 Å². The van der Waals surface area contributed by atoms with Crippen LogP contribution in [0.1, 0.15) is 21.7 Å². The van der Waals surface area contributed by atoms with E-state index in [0.717, 1.165) is 6.07 Å². The Morgan fingerprint density at radius 1 is 1.32 bits per heavy atom. The van der Waals surface area contributed by atoms with Gasteiger partial charge in [-0.3, -0.25) is 9.36 Å². The lowest BCUT2D eigenvalue weighted by Gasteiger charge is -2.16. The van der Waals surface area contributed by atoms with Crippen molar-refractivity contribution in [3.63, 3.8) is 0 Å². The van der Waals surface area contributed by atoms with Crippen LogP contribution in [0, 0.1) is 12.7 Å². The fourth-order valence-electron chi connectivity index (χ4n) is 3.38. The third kappa shape index (κ3) is 4.77. The molecule has 1 amide bonds. The Balaban J connectivity index is 1.78. The smallest absolute Gasteiger partial charge is 0.422 e. The molecule has 0 bridgehead atoms. The Morgan fingerprint density at radius 2 is 2.09 bits per heavy atom. The quantitative estimate of drug-likeness (QED) is 0.538. The number of benzene rings is 2. The molecule has 2 heterocycles. The summed E-state index contributed by atoms with van der Waals surface area (Å²) in [4.78, 5) is 25.5. The number of para-hydroxylation sites is 1. The van der Waals surface area contributed by atoms with Crippen LogP contribution in [0.25, 0.3) is 5.69 Å². The van der Waals surface area contributed by atoms with Crippen LogP contribution in [0.3, 0.4) is 0 Å². The van der Waals surface area contributed by atoms with Crippen LogP contribution >= 0.6 is 11.6 Å². The van der Waals surface area contributed by atoms with Crippen LogP contribution in [0.2, 0.25) is 5.02 Å². The second kappa shape index (κ2) is 9.11. The number of carbonyl (C=O) groups excluding carboxylic acids is 1. The molecule has 2 aromatic carbocycles. The van der Waals surface area contributed by atoms with E-state index in [9.17, 15) is 22.8 Å². The lowest BCUT2D eigenvalue weighted by Crippen LogP contribution is -2.29. The van der Waals surface area contributed by atoms with Crippen molar-refractivity contribution in [2.45, 2.75) is 26.3 Å². The fraction of sp³-hybridized carbons (Fsp3) is 0.286. The maximum atomic E-state index is 15.1. The standard InChI is InChI=1S/C21H17ClF4N4O4/c1-11-3-2-4-13(22)18(11)27-19(31)12-7-14(23)15(8-16(12)34-10-21(24,25)26)30-20(32)29-5-6-33-9-17(29)28-30/h2-4,7-8H,5-6,9-10H2,1H3,(H,27,31). The van der Waals surface area contributed by atoms with Crippen LogP contribution in [-0.2, 0) is 17.9 Å². The number of anilines is 1. The molecule has 180 valence electrons. The molecule has 0 radical (unpaired) electrons. The zero-order valence-electron chi connectivity index (χ0n) is 17.6. The van der Waals surface area contributed by atoms with Gasteiger partial charge in [0.15, 0.2) is 12.4 Å². The number of ether oxygens (including phenoxy) is 2. The molecule has 1 aliphatic heterocycles. The van der Waals surface area contributed by atoms with Gasteiger partial charge in [0.1, 0.15) is 23.9 Å². The van der Waals surface area contributed by atoms with Crippen molar-refractivity contribution in [2.24, 2.45) is 0 Å². The Kier molecular flexibility index (Phi) is 6.36. The maximum Gasteiger partial charge on any atom is 0.422 e. The number of aromatic nitrogens is 3. The first-order valence-corrected chi connectivity index (χ1v) is 10.3. The molecule has 0 saturated heterocycles. The van der Waals surface area contributed by atoms with E-state index in [4.69, 9.17) is 21.1 Å². The SMILES string of the molecule is Cc1cccc(Cl)c1NC(=O)c1cc(F)c(-n2nc3n(c2=O)CCOC3)cc1OCC(F)(F)F. The molecule has 13 heteroatoms. The first kappa shape index (κ1) is 23.8. The lowest BCUT2D eigenvalue weighted by atomic mass is 10.1. The summed E-state index contributed by atoms with van der Waals surface area (Å²) in [5.74, 6) is -2.39. The molecule has 1 aromatic heterocycles. The van der Waals surface area contributed by atoms with Crippen LogP contribution in [0.4, 0.5) is 23.2 Å². The number of nitrogens with one attached hydrogen (secondary N) is 1. The highest BCUT2D eigenvalue weighted by Gasteiger charge is 2.30. The van der Waals surface area contributed by atoms with Gasteiger partial charge < -0.3 is 14.8 Å². The minimum absolute atomic E-state index is 0.0129. The summed E-state index contributed by atoms with van der Waals surface area (Å²) in [6, 6.07) is 6.32. The van der Waals surface area contributed by atoms with Crippen molar-refractivity contribution < 1.29 is 31.8 Å². The zero-order valence-corrected chi connectivity index (χ0v) is 18.3. The van der Waals surface area contributed by atoms with E-state index in [2.05, 4.69) is 10.4 Å². The molecule has 0 fully saturated rings. The number of fused-ring (bicyclic) bond motifs is 1. The number of nitrogens with zero attached hydrogens (tertiary/aromatic N) is 3. The molecule has 4 rings (SSSR count). The normalized spacial score (nSPS) is 13.5. The first-order valence-electron chi connectivity index (χ1n) is 9.91. The van der Waals surface area contributed by atoms with Crippen molar-refractivity contribution >= 4 is 23.2 Å². The number of carbonyl (C=O) groups is 1. The van der Waals surface area contributed by atoms with Crippen LogP contribution in [-0.4, -0.2) is 39.6 Å². The molecule has 0 spiro atoms. The summed E-state index contributed by atoms with van der Waals surface area (Å²) in [5.41, 5.74) is -0.922. The lowest BCUT2D eigenvalue weighted by molar-refractivity contribution is -0.153. The van der Waals surface area contributed by atoms with E-state index >= 15 is 4.39 Å².